The highest BCUT2D eigenvalue weighted by Gasteiger charge is 2.08. The average Bonchev–Trinajstić information content (AvgIpc) is 2.77. The summed E-state index contributed by atoms with van der Waals surface area (Å²) in [6.07, 6.45) is 3.29. The molecule has 0 fully saturated rings. The summed E-state index contributed by atoms with van der Waals surface area (Å²) in [7, 11) is 0. The van der Waals surface area contributed by atoms with E-state index >= 15 is 0 Å². The predicted octanol–water partition coefficient (Wildman–Crippen LogP) is 6.54. The second-order valence-electron chi connectivity index (χ2n) is 6.62. The van der Waals surface area contributed by atoms with Gasteiger partial charge in [-0.05, 0) is 69.5 Å². The van der Waals surface area contributed by atoms with Gasteiger partial charge in [-0.3, -0.25) is 0 Å². The van der Waals surface area contributed by atoms with Gasteiger partial charge in [0.25, 0.3) is 0 Å². The van der Waals surface area contributed by atoms with E-state index in [1.165, 1.54) is 22.3 Å². The number of benzene rings is 3. The molecule has 0 atom stereocenters. The van der Waals surface area contributed by atoms with E-state index in [1.807, 2.05) is 24.3 Å². The fourth-order valence-electron chi connectivity index (χ4n) is 3.03. The summed E-state index contributed by atoms with van der Waals surface area (Å²) < 4.78 is 6.30. The number of aliphatic carboxylic acids is 1. The number of halogens is 1. The van der Waals surface area contributed by atoms with Crippen molar-refractivity contribution in [3.8, 4) is 5.75 Å². The van der Waals surface area contributed by atoms with Crippen molar-refractivity contribution in [3.63, 3.8) is 0 Å². The van der Waals surface area contributed by atoms with E-state index in [-0.39, 0.29) is 6.61 Å². The molecule has 0 saturated heterocycles. The molecule has 30 heavy (non-hydrogen) atoms. The van der Waals surface area contributed by atoms with Crippen molar-refractivity contribution in [2.45, 2.75) is 18.2 Å². The lowest BCUT2D eigenvalue weighted by molar-refractivity contribution is -0.139. The van der Waals surface area contributed by atoms with Crippen molar-refractivity contribution in [2.75, 3.05) is 12.4 Å². The number of carboxylic acids is 1. The molecule has 0 radical (unpaired) electrons. The molecule has 0 heterocycles. The Morgan fingerprint density at radius 3 is 2.50 bits per heavy atom. The summed E-state index contributed by atoms with van der Waals surface area (Å²) in [6.45, 7) is 1.84. The standard InChI is InChI=1S/C25H23IO3S/c1-2-18-7-6-10-20(15-18)22(19-8-4-3-5-9-19)13-14-30-24-12-11-21(16-23(24)26)29-17-25(27)28/h3-13,15-16H,2,14,17H2,1H3,(H,27,28)/b22-13-. The second kappa shape index (κ2) is 11.2. The Morgan fingerprint density at radius 1 is 1.03 bits per heavy atom. The van der Waals surface area contributed by atoms with Gasteiger partial charge in [0.05, 0.1) is 0 Å². The zero-order valence-electron chi connectivity index (χ0n) is 16.7. The third kappa shape index (κ3) is 6.37. The highest BCUT2D eigenvalue weighted by atomic mass is 127. The van der Waals surface area contributed by atoms with Gasteiger partial charge >= 0.3 is 5.97 Å². The summed E-state index contributed by atoms with van der Waals surface area (Å²) >= 11 is 4.02. The maximum atomic E-state index is 10.7. The molecule has 0 spiro atoms. The maximum absolute atomic E-state index is 10.7. The van der Waals surface area contributed by atoms with Gasteiger partial charge in [0.15, 0.2) is 6.61 Å². The number of rotatable bonds is 9. The lowest BCUT2D eigenvalue weighted by Gasteiger charge is -2.11. The molecule has 5 heteroatoms. The van der Waals surface area contributed by atoms with Crippen LogP contribution in [0.2, 0.25) is 0 Å². The highest BCUT2D eigenvalue weighted by Crippen LogP contribution is 2.30. The molecule has 3 aromatic rings. The molecule has 0 amide bonds. The number of carbonyl (C=O) groups is 1. The fraction of sp³-hybridized carbons (Fsp3) is 0.160. The molecule has 154 valence electrons. The van der Waals surface area contributed by atoms with Crippen LogP contribution in [0, 0.1) is 3.57 Å². The lowest BCUT2D eigenvalue weighted by Crippen LogP contribution is -2.09. The van der Waals surface area contributed by atoms with Crippen LogP contribution in [0.5, 0.6) is 5.75 Å². The lowest BCUT2D eigenvalue weighted by atomic mass is 9.96. The smallest absolute Gasteiger partial charge is 0.341 e. The van der Waals surface area contributed by atoms with Crippen LogP contribution in [0.1, 0.15) is 23.6 Å². The Morgan fingerprint density at radius 2 is 1.80 bits per heavy atom. The first-order valence-electron chi connectivity index (χ1n) is 9.68. The van der Waals surface area contributed by atoms with Gasteiger partial charge in [0.2, 0.25) is 0 Å². The Balaban J connectivity index is 1.79. The minimum absolute atomic E-state index is 0.331. The van der Waals surface area contributed by atoms with Crippen LogP contribution in [0.25, 0.3) is 5.57 Å². The van der Waals surface area contributed by atoms with Crippen LogP contribution in [0.3, 0.4) is 0 Å². The number of carboxylic acid groups (broad SMARTS) is 1. The van der Waals surface area contributed by atoms with Gasteiger partial charge in [-0.25, -0.2) is 4.79 Å². The van der Waals surface area contributed by atoms with Gasteiger partial charge in [0.1, 0.15) is 5.75 Å². The SMILES string of the molecule is CCc1cccc(/C(=C\CSc2ccc(OCC(=O)O)cc2I)c2ccccc2)c1. The number of aryl methyl sites for hydroxylation is 1. The average molecular weight is 530 g/mol. The Kier molecular flexibility index (Phi) is 8.39. The summed E-state index contributed by atoms with van der Waals surface area (Å²) in [4.78, 5) is 11.8. The molecule has 1 N–H and O–H groups in total. The van der Waals surface area contributed by atoms with E-state index in [4.69, 9.17) is 9.84 Å². The summed E-state index contributed by atoms with van der Waals surface area (Å²) in [6, 6.07) is 24.9. The third-order valence-corrected chi connectivity index (χ3v) is 6.78. The van der Waals surface area contributed by atoms with Gasteiger partial charge in [0, 0.05) is 14.2 Å². The fourth-order valence-corrected chi connectivity index (χ4v) is 4.77. The molecule has 3 nitrogen and oxygen atoms in total. The highest BCUT2D eigenvalue weighted by molar-refractivity contribution is 14.1. The van der Waals surface area contributed by atoms with Crippen molar-refractivity contribution < 1.29 is 14.6 Å². The van der Waals surface area contributed by atoms with E-state index in [2.05, 4.69) is 84.1 Å². The number of hydrogen-bond donors (Lipinski definition) is 1. The van der Waals surface area contributed by atoms with Crippen LogP contribution in [0.15, 0.2) is 83.8 Å². The van der Waals surface area contributed by atoms with E-state index in [1.54, 1.807) is 11.8 Å². The Bertz CT molecular complexity index is 1030. The molecule has 3 rings (SSSR count). The largest absolute Gasteiger partial charge is 0.482 e. The molecule has 0 aliphatic rings. The number of hydrogen-bond acceptors (Lipinski definition) is 3. The first-order chi connectivity index (χ1) is 14.6. The molecule has 0 bridgehead atoms. The second-order valence-corrected chi connectivity index (χ2v) is 8.85. The van der Waals surface area contributed by atoms with Crippen LogP contribution in [0.4, 0.5) is 0 Å². The van der Waals surface area contributed by atoms with Crippen molar-refractivity contribution in [2.24, 2.45) is 0 Å². The summed E-state index contributed by atoms with van der Waals surface area (Å²) in [5.74, 6) is 0.420. The van der Waals surface area contributed by atoms with E-state index < -0.39 is 5.97 Å². The van der Waals surface area contributed by atoms with Crippen LogP contribution in [-0.4, -0.2) is 23.4 Å². The minimum Gasteiger partial charge on any atom is -0.482 e. The quantitative estimate of drug-likeness (QED) is 0.252. The topological polar surface area (TPSA) is 46.5 Å². The van der Waals surface area contributed by atoms with Crippen LogP contribution < -0.4 is 4.74 Å². The van der Waals surface area contributed by atoms with Crippen molar-refractivity contribution in [1.82, 2.24) is 0 Å². The van der Waals surface area contributed by atoms with Crippen molar-refractivity contribution in [3.05, 3.63) is 99.1 Å². The first-order valence-corrected chi connectivity index (χ1v) is 11.7. The molecule has 0 unspecified atom stereocenters. The zero-order valence-corrected chi connectivity index (χ0v) is 19.7. The third-order valence-electron chi connectivity index (χ3n) is 4.52. The number of thioether (sulfide) groups is 1. The van der Waals surface area contributed by atoms with Gasteiger partial charge in [-0.2, -0.15) is 0 Å². The van der Waals surface area contributed by atoms with Gasteiger partial charge < -0.3 is 9.84 Å². The summed E-state index contributed by atoms with van der Waals surface area (Å²) in [5.41, 5.74) is 5.00. The monoisotopic (exact) mass is 530 g/mol. The van der Waals surface area contributed by atoms with Gasteiger partial charge in [-0.1, -0.05) is 67.6 Å². The first kappa shape index (κ1) is 22.4. The summed E-state index contributed by atoms with van der Waals surface area (Å²) in [5, 5.41) is 8.75. The van der Waals surface area contributed by atoms with Gasteiger partial charge in [-0.15, -0.1) is 11.8 Å². The molecule has 0 aromatic heterocycles. The van der Waals surface area contributed by atoms with Crippen LogP contribution in [-0.2, 0) is 11.2 Å². The molecule has 3 aromatic carbocycles. The zero-order chi connectivity index (χ0) is 21.3. The van der Waals surface area contributed by atoms with Crippen molar-refractivity contribution >= 4 is 45.9 Å². The van der Waals surface area contributed by atoms with Crippen LogP contribution >= 0.6 is 34.4 Å². The van der Waals surface area contributed by atoms with E-state index in [0.717, 1.165) is 20.6 Å². The normalized spacial score (nSPS) is 11.3. The van der Waals surface area contributed by atoms with E-state index in [9.17, 15) is 4.79 Å². The molecule has 0 saturated carbocycles. The van der Waals surface area contributed by atoms with E-state index in [0.29, 0.717) is 5.75 Å². The van der Waals surface area contributed by atoms with Crippen molar-refractivity contribution in [1.29, 1.82) is 0 Å². The minimum atomic E-state index is -0.978. The molecular formula is C25H23IO3S. The molecule has 0 aliphatic carbocycles. The maximum Gasteiger partial charge on any atom is 0.341 e. The molecular weight excluding hydrogens is 507 g/mol. The Hall–Kier alpha value is -2.25. The predicted molar refractivity (Wildman–Crippen MR) is 132 cm³/mol. The Labute approximate surface area is 195 Å². The number of ether oxygens (including phenoxy) is 1. The molecule has 0 aliphatic heterocycles.